The highest BCUT2D eigenvalue weighted by atomic mass is 16.3. The number of fused-ring (bicyclic) bond motifs is 1. The average molecular weight is 425 g/mol. The minimum Gasteiger partial charge on any atom is -0.394 e. The number of carbonyl (C=O) groups excluding carboxylic acids is 2. The van der Waals surface area contributed by atoms with Gasteiger partial charge in [-0.1, -0.05) is 13.0 Å². The van der Waals surface area contributed by atoms with Gasteiger partial charge >= 0.3 is 0 Å². The highest BCUT2D eigenvalue weighted by molar-refractivity contribution is 5.94. The number of aromatic nitrogens is 2. The third-order valence-electron chi connectivity index (χ3n) is 7.74. The summed E-state index contributed by atoms with van der Waals surface area (Å²) in [5, 5.41) is 15.2. The minimum absolute atomic E-state index is 0.0560. The summed E-state index contributed by atoms with van der Waals surface area (Å²) >= 11 is 0. The number of anilines is 1. The molecule has 2 heterocycles. The predicted molar refractivity (Wildman–Crippen MR) is 118 cm³/mol. The number of hydrogen-bond acceptors (Lipinski definition) is 4. The van der Waals surface area contributed by atoms with Gasteiger partial charge in [0.1, 0.15) is 17.2 Å². The Morgan fingerprint density at radius 3 is 2.48 bits per heavy atom. The molecule has 4 bridgehead atoms. The number of nitrogens with zero attached hydrogens (tertiary/aromatic N) is 2. The molecule has 3 N–H and O–H groups in total. The lowest BCUT2D eigenvalue weighted by Gasteiger charge is -2.56. The van der Waals surface area contributed by atoms with Crippen molar-refractivity contribution in [3.05, 3.63) is 30.1 Å². The lowest BCUT2D eigenvalue weighted by Crippen LogP contribution is -2.47. The molecule has 1 atom stereocenters. The Balaban J connectivity index is 1.31. The molecule has 4 aliphatic rings. The van der Waals surface area contributed by atoms with Gasteiger partial charge in [0, 0.05) is 12.6 Å². The van der Waals surface area contributed by atoms with Crippen molar-refractivity contribution in [2.24, 2.45) is 23.2 Å². The molecule has 2 aromatic rings. The van der Waals surface area contributed by atoms with Gasteiger partial charge in [0.05, 0.1) is 12.6 Å². The number of rotatable bonds is 7. The van der Waals surface area contributed by atoms with E-state index in [1.54, 1.807) is 10.6 Å². The molecule has 0 saturated heterocycles. The molecule has 4 fully saturated rings. The van der Waals surface area contributed by atoms with Crippen LogP contribution in [0.1, 0.15) is 68.8 Å². The summed E-state index contributed by atoms with van der Waals surface area (Å²) in [6, 6.07) is 5.20. The van der Waals surface area contributed by atoms with Crippen LogP contribution in [0.25, 0.3) is 5.65 Å². The Kier molecular flexibility index (Phi) is 5.24. The number of nitrogens with one attached hydrogen (secondary N) is 2. The van der Waals surface area contributed by atoms with Gasteiger partial charge in [-0.05, 0) is 80.2 Å². The maximum absolute atomic E-state index is 13.1. The van der Waals surface area contributed by atoms with Crippen LogP contribution >= 0.6 is 0 Å². The Morgan fingerprint density at radius 2 is 1.87 bits per heavy atom. The van der Waals surface area contributed by atoms with E-state index in [0.717, 1.165) is 17.8 Å². The molecule has 7 heteroatoms. The lowest BCUT2D eigenvalue weighted by atomic mass is 9.49. The maximum atomic E-state index is 13.1. The van der Waals surface area contributed by atoms with Crippen molar-refractivity contribution >= 4 is 23.3 Å². The fourth-order valence-corrected chi connectivity index (χ4v) is 6.79. The molecule has 166 valence electrons. The molecular formula is C24H32N4O3. The molecule has 0 aliphatic heterocycles. The maximum Gasteiger partial charge on any atom is 0.271 e. The largest absolute Gasteiger partial charge is 0.394 e. The first kappa shape index (κ1) is 20.5. The standard InChI is InChI=1S/C24H32N4O3/c1-2-18(14-29)25-23(31)19-13-28-20(26-19)4-3-5-21(28)27-22(30)12-24-9-15-6-16(10-24)8-17(7-15)11-24/h3-5,13,15-18,29H,2,6-12,14H2,1H3,(H,25,31)(H,27,30). The minimum atomic E-state index is -0.324. The molecule has 0 spiro atoms. The Bertz CT molecular complexity index is 959. The summed E-state index contributed by atoms with van der Waals surface area (Å²) in [5.41, 5.74) is 1.07. The molecule has 2 aromatic heterocycles. The highest BCUT2D eigenvalue weighted by Gasteiger charge is 2.51. The third kappa shape index (κ3) is 3.95. The van der Waals surface area contributed by atoms with Gasteiger partial charge in [-0.2, -0.15) is 0 Å². The zero-order chi connectivity index (χ0) is 21.6. The van der Waals surface area contributed by atoms with Gasteiger partial charge in [-0.15, -0.1) is 0 Å². The van der Waals surface area contributed by atoms with Crippen LogP contribution in [0.4, 0.5) is 5.82 Å². The molecule has 2 amide bonds. The fourth-order valence-electron chi connectivity index (χ4n) is 6.79. The Hall–Kier alpha value is -2.41. The zero-order valence-electron chi connectivity index (χ0n) is 18.1. The third-order valence-corrected chi connectivity index (χ3v) is 7.74. The molecule has 0 radical (unpaired) electrons. The molecular weight excluding hydrogens is 392 g/mol. The lowest BCUT2D eigenvalue weighted by molar-refractivity contribution is -0.124. The second-order valence-electron chi connectivity index (χ2n) is 10.2. The number of aliphatic hydroxyl groups is 1. The van der Waals surface area contributed by atoms with Crippen LogP contribution in [-0.4, -0.2) is 39.0 Å². The van der Waals surface area contributed by atoms with E-state index >= 15 is 0 Å². The van der Waals surface area contributed by atoms with Crippen LogP contribution < -0.4 is 10.6 Å². The van der Waals surface area contributed by atoms with Crippen LogP contribution in [0.2, 0.25) is 0 Å². The molecule has 4 saturated carbocycles. The first-order valence-corrected chi connectivity index (χ1v) is 11.7. The van der Waals surface area contributed by atoms with Gasteiger partial charge in [0.15, 0.2) is 0 Å². The van der Waals surface area contributed by atoms with Gasteiger partial charge in [0.2, 0.25) is 5.91 Å². The van der Waals surface area contributed by atoms with Gasteiger partial charge in [-0.25, -0.2) is 4.98 Å². The van der Waals surface area contributed by atoms with Crippen LogP contribution in [0, 0.1) is 23.2 Å². The predicted octanol–water partition coefficient (Wildman–Crippen LogP) is 3.38. The van der Waals surface area contributed by atoms with E-state index in [-0.39, 0.29) is 35.6 Å². The normalized spacial score (nSPS) is 29.8. The summed E-state index contributed by atoms with van der Waals surface area (Å²) in [5.74, 6) is 2.83. The quantitative estimate of drug-likeness (QED) is 0.635. The van der Waals surface area contributed by atoms with Crippen molar-refractivity contribution in [2.75, 3.05) is 11.9 Å². The monoisotopic (exact) mass is 424 g/mol. The van der Waals surface area contributed by atoms with Crippen LogP contribution in [-0.2, 0) is 4.79 Å². The van der Waals surface area contributed by atoms with E-state index in [0.29, 0.717) is 24.3 Å². The second kappa shape index (κ2) is 7.93. The second-order valence-corrected chi connectivity index (χ2v) is 10.2. The number of hydrogen-bond donors (Lipinski definition) is 3. The zero-order valence-corrected chi connectivity index (χ0v) is 18.1. The van der Waals surface area contributed by atoms with Crippen molar-refractivity contribution in [2.45, 2.75) is 64.3 Å². The van der Waals surface area contributed by atoms with Crippen LogP contribution in [0.15, 0.2) is 24.4 Å². The van der Waals surface area contributed by atoms with E-state index < -0.39 is 0 Å². The summed E-state index contributed by atoms with van der Waals surface area (Å²) in [6.45, 7) is 1.80. The summed E-state index contributed by atoms with van der Waals surface area (Å²) in [4.78, 5) is 30.0. The van der Waals surface area contributed by atoms with Crippen molar-refractivity contribution in [3.63, 3.8) is 0 Å². The van der Waals surface area contributed by atoms with Crippen molar-refractivity contribution in [3.8, 4) is 0 Å². The van der Waals surface area contributed by atoms with E-state index in [1.165, 1.54) is 38.5 Å². The number of carbonyl (C=O) groups is 2. The number of pyridine rings is 1. The van der Waals surface area contributed by atoms with Gasteiger partial charge in [-0.3, -0.25) is 14.0 Å². The molecule has 31 heavy (non-hydrogen) atoms. The van der Waals surface area contributed by atoms with E-state index in [2.05, 4.69) is 15.6 Å². The van der Waals surface area contributed by atoms with Crippen molar-refractivity contribution in [1.82, 2.24) is 14.7 Å². The van der Waals surface area contributed by atoms with Crippen LogP contribution in [0.5, 0.6) is 0 Å². The molecule has 4 aliphatic carbocycles. The van der Waals surface area contributed by atoms with Crippen molar-refractivity contribution in [1.29, 1.82) is 0 Å². The first-order valence-electron chi connectivity index (χ1n) is 11.7. The van der Waals surface area contributed by atoms with Crippen LogP contribution in [0.3, 0.4) is 0 Å². The SMILES string of the molecule is CCC(CO)NC(=O)c1cn2c(NC(=O)CC34CC5CC(CC(C5)C3)C4)cccc2n1. The summed E-state index contributed by atoms with van der Waals surface area (Å²) in [6.07, 6.45) is 10.6. The Morgan fingerprint density at radius 1 is 1.19 bits per heavy atom. The summed E-state index contributed by atoms with van der Waals surface area (Å²) in [7, 11) is 0. The first-order chi connectivity index (χ1) is 15.0. The molecule has 1 unspecified atom stereocenters. The van der Waals surface area contributed by atoms with E-state index in [1.807, 2.05) is 25.1 Å². The number of aliphatic hydroxyl groups excluding tert-OH is 1. The topological polar surface area (TPSA) is 95.7 Å². The molecule has 7 nitrogen and oxygen atoms in total. The number of amides is 2. The fraction of sp³-hybridized carbons (Fsp3) is 0.625. The van der Waals surface area contributed by atoms with Gasteiger partial charge in [0.25, 0.3) is 5.91 Å². The van der Waals surface area contributed by atoms with E-state index in [4.69, 9.17) is 0 Å². The summed E-state index contributed by atoms with van der Waals surface area (Å²) < 4.78 is 1.76. The Labute approximate surface area is 182 Å². The highest BCUT2D eigenvalue weighted by Crippen LogP contribution is 2.61. The number of imidazole rings is 1. The van der Waals surface area contributed by atoms with Crippen molar-refractivity contribution < 1.29 is 14.7 Å². The molecule has 0 aromatic carbocycles. The molecule has 6 rings (SSSR count). The van der Waals surface area contributed by atoms with E-state index in [9.17, 15) is 14.7 Å². The smallest absolute Gasteiger partial charge is 0.271 e. The van der Waals surface area contributed by atoms with Gasteiger partial charge < -0.3 is 15.7 Å². The average Bonchev–Trinajstić information content (AvgIpc) is 3.16.